The van der Waals surface area contributed by atoms with Gasteiger partial charge in [-0.2, -0.15) is 0 Å². The molecule has 0 unspecified atom stereocenters. The molecule has 0 heterocycles. The van der Waals surface area contributed by atoms with E-state index in [2.05, 4.69) is 0 Å². The number of primary amides is 1. The molecule has 1 aromatic carbocycles. The summed E-state index contributed by atoms with van der Waals surface area (Å²) in [7, 11) is 0. The van der Waals surface area contributed by atoms with Gasteiger partial charge in [-0.25, -0.2) is 0 Å². The van der Waals surface area contributed by atoms with Crippen LogP contribution in [0.3, 0.4) is 0 Å². The van der Waals surface area contributed by atoms with Gasteiger partial charge in [-0.05, 0) is 37.8 Å². The van der Waals surface area contributed by atoms with Gasteiger partial charge >= 0.3 is 0 Å². The molecule has 0 saturated heterocycles. The smallest absolute Gasteiger partial charge is 0.252 e. The van der Waals surface area contributed by atoms with Gasteiger partial charge in [0, 0.05) is 0 Å². The van der Waals surface area contributed by atoms with E-state index in [1.54, 1.807) is 6.07 Å². The lowest BCUT2D eigenvalue weighted by Gasteiger charge is -2.22. The first kappa shape index (κ1) is 12.9. The van der Waals surface area contributed by atoms with Crippen molar-refractivity contribution in [1.82, 2.24) is 0 Å². The van der Waals surface area contributed by atoms with Crippen molar-refractivity contribution in [2.75, 3.05) is 6.61 Å². The molecule has 0 radical (unpaired) electrons. The van der Waals surface area contributed by atoms with Crippen molar-refractivity contribution in [2.45, 2.75) is 39.0 Å². The van der Waals surface area contributed by atoms with Crippen LogP contribution in [-0.2, 0) is 0 Å². The van der Waals surface area contributed by atoms with Gasteiger partial charge in [-0.1, -0.05) is 30.9 Å². The van der Waals surface area contributed by atoms with Crippen molar-refractivity contribution in [3.63, 3.8) is 0 Å². The summed E-state index contributed by atoms with van der Waals surface area (Å²) >= 11 is 0. The minimum Gasteiger partial charge on any atom is -0.492 e. The molecule has 3 nitrogen and oxygen atoms in total. The number of ether oxygens (including phenoxy) is 1. The molecule has 0 spiro atoms. The Morgan fingerprint density at radius 3 is 2.72 bits per heavy atom. The van der Waals surface area contributed by atoms with Gasteiger partial charge in [0.25, 0.3) is 5.91 Å². The lowest BCUT2D eigenvalue weighted by Crippen LogP contribution is -2.18. The zero-order valence-electron chi connectivity index (χ0n) is 10.9. The SMILES string of the molecule is Cc1ccc(OCC2CCCCC2)c(C(N)=O)c1. The van der Waals surface area contributed by atoms with Crippen LogP contribution in [0, 0.1) is 12.8 Å². The summed E-state index contributed by atoms with van der Waals surface area (Å²) < 4.78 is 5.79. The second kappa shape index (κ2) is 5.89. The average Bonchev–Trinajstić information content (AvgIpc) is 2.38. The second-order valence-corrected chi connectivity index (χ2v) is 5.18. The van der Waals surface area contributed by atoms with Crippen LogP contribution in [0.15, 0.2) is 18.2 Å². The van der Waals surface area contributed by atoms with E-state index >= 15 is 0 Å². The standard InChI is InChI=1S/C15H21NO2/c1-11-7-8-14(13(9-11)15(16)17)18-10-12-5-3-2-4-6-12/h7-9,12H,2-6,10H2,1H3,(H2,16,17). The molecule has 2 N–H and O–H groups in total. The van der Waals surface area contributed by atoms with Crippen LogP contribution in [0.5, 0.6) is 5.75 Å². The van der Waals surface area contributed by atoms with Gasteiger partial charge < -0.3 is 10.5 Å². The van der Waals surface area contributed by atoms with Gasteiger partial charge in [0.05, 0.1) is 12.2 Å². The zero-order chi connectivity index (χ0) is 13.0. The lowest BCUT2D eigenvalue weighted by molar-refractivity contribution is 0.0994. The van der Waals surface area contributed by atoms with E-state index in [-0.39, 0.29) is 0 Å². The van der Waals surface area contributed by atoms with Gasteiger partial charge in [0.1, 0.15) is 5.75 Å². The predicted molar refractivity (Wildman–Crippen MR) is 71.8 cm³/mol. The highest BCUT2D eigenvalue weighted by molar-refractivity contribution is 5.95. The van der Waals surface area contributed by atoms with Crippen molar-refractivity contribution < 1.29 is 9.53 Å². The molecule has 1 aromatic rings. The van der Waals surface area contributed by atoms with E-state index in [9.17, 15) is 4.79 Å². The normalized spacial score (nSPS) is 16.5. The van der Waals surface area contributed by atoms with Crippen molar-refractivity contribution in [2.24, 2.45) is 11.7 Å². The predicted octanol–water partition coefficient (Wildman–Crippen LogP) is 3.05. The Morgan fingerprint density at radius 2 is 2.06 bits per heavy atom. The molecule has 2 rings (SSSR count). The molecule has 1 amide bonds. The fourth-order valence-electron chi connectivity index (χ4n) is 2.52. The van der Waals surface area contributed by atoms with Gasteiger partial charge in [-0.15, -0.1) is 0 Å². The first-order valence-electron chi connectivity index (χ1n) is 6.70. The summed E-state index contributed by atoms with van der Waals surface area (Å²) in [5.74, 6) is 0.830. The Morgan fingerprint density at radius 1 is 1.33 bits per heavy atom. The summed E-state index contributed by atoms with van der Waals surface area (Å²) in [6, 6.07) is 5.58. The largest absolute Gasteiger partial charge is 0.492 e. The maximum atomic E-state index is 11.4. The third-order valence-corrected chi connectivity index (χ3v) is 3.60. The number of aryl methyl sites for hydroxylation is 1. The number of amides is 1. The van der Waals surface area contributed by atoms with Crippen LogP contribution in [0.25, 0.3) is 0 Å². The number of carbonyl (C=O) groups excluding carboxylic acids is 1. The summed E-state index contributed by atoms with van der Waals surface area (Å²) in [5.41, 5.74) is 6.89. The Labute approximate surface area is 108 Å². The Hall–Kier alpha value is -1.51. The minimum atomic E-state index is -0.419. The lowest BCUT2D eigenvalue weighted by atomic mass is 9.90. The van der Waals surface area contributed by atoms with E-state index in [0.29, 0.717) is 23.8 Å². The first-order chi connectivity index (χ1) is 8.66. The Bertz CT molecular complexity index is 423. The third-order valence-electron chi connectivity index (χ3n) is 3.60. The van der Waals surface area contributed by atoms with Crippen LogP contribution in [-0.4, -0.2) is 12.5 Å². The number of rotatable bonds is 4. The highest BCUT2D eigenvalue weighted by atomic mass is 16.5. The highest BCUT2D eigenvalue weighted by Gasteiger charge is 2.16. The quantitative estimate of drug-likeness (QED) is 0.889. The highest BCUT2D eigenvalue weighted by Crippen LogP contribution is 2.26. The van der Waals surface area contributed by atoms with Crippen LogP contribution >= 0.6 is 0 Å². The fourth-order valence-corrected chi connectivity index (χ4v) is 2.52. The van der Waals surface area contributed by atoms with Crippen molar-refractivity contribution in [3.8, 4) is 5.75 Å². The molecule has 1 aliphatic rings. The molecule has 0 aromatic heterocycles. The number of hydrogen-bond donors (Lipinski definition) is 1. The summed E-state index contributed by atoms with van der Waals surface area (Å²) in [5, 5.41) is 0. The summed E-state index contributed by atoms with van der Waals surface area (Å²) in [6.45, 7) is 2.64. The zero-order valence-corrected chi connectivity index (χ0v) is 10.9. The minimum absolute atomic E-state index is 0.419. The molecule has 1 saturated carbocycles. The number of nitrogens with two attached hydrogens (primary N) is 1. The van der Waals surface area contributed by atoms with Crippen molar-refractivity contribution in [1.29, 1.82) is 0 Å². The molecule has 98 valence electrons. The van der Waals surface area contributed by atoms with Gasteiger partial charge in [0.15, 0.2) is 0 Å². The Balaban J connectivity index is 2.01. The maximum absolute atomic E-state index is 11.4. The Kier molecular flexibility index (Phi) is 4.24. The molecule has 0 bridgehead atoms. The first-order valence-corrected chi connectivity index (χ1v) is 6.70. The molecular weight excluding hydrogens is 226 g/mol. The van der Waals surface area contributed by atoms with Crippen molar-refractivity contribution >= 4 is 5.91 Å². The van der Waals surface area contributed by atoms with E-state index in [1.807, 2.05) is 19.1 Å². The topological polar surface area (TPSA) is 52.3 Å². The molecule has 18 heavy (non-hydrogen) atoms. The number of carbonyl (C=O) groups is 1. The van der Waals surface area contributed by atoms with Crippen LogP contribution in [0.1, 0.15) is 48.0 Å². The van der Waals surface area contributed by atoms with E-state index < -0.39 is 5.91 Å². The number of benzene rings is 1. The monoisotopic (exact) mass is 247 g/mol. The third kappa shape index (κ3) is 3.25. The van der Waals surface area contributed by atoms with E-state index in [4.69, 9.17) is 10.5 Å². The van der Waals surface area contributed by atoms with E-state index in [0.717, 1.165) is 5.56 Å². The molecule has 1 aliphatic carbocycles. The summed E-state index contributed by atoms with van der Waals surface area (Å²) in [4.78, 5) is 11.4. The molecular formula is C15H21NO2. The van der Waals surface area contributed by atoms with Gasteiger partial charge in [0.2, 0.25) is 0 Å². The summed E-state index contributed by atoms with van der Waals surface area (Å²) in [6.07, 6.45) is 6.40. The number of hydrogen-bond acceptors (Lipinski definition) is 2. The molecule has 1 fully saturated rings. The molecule has 0 aliphatic heterocycles. The van der Waals surface area contributed by atoms with Crippen molar-refractivity contribution in [3.05, 3.63) is 29.3 Å². The fraction of sp³-hybridized carbons (Fsp3) is 0.533. The van der Waals surface area contributed by atoms with Gasteiger partial charge in [-0.3, -0.25) is 4.79 Å². The van der Waals surface area contributed by atoms with Crippen LogP contribution in [0.4, 0.5) is 0 Å². The van der Waals surface area contributed by atoms with E-state index in [1.165, 1.54) is 32.1 Å². The second-order valence-electron chi connectivity index (χ2n) is 5.18. The van der Waals surface area contributed by atoms with Crippen LogP contribution in [0.2, 0.25) is 0 Å². The molecule has 0 atom stereocenters. The van der Waals surface area contributed by atoms with Crippen LogP contribution < -0.4 is 10.5 Å². The average molecular weight is 247 g/mol. The molecule has 3 heteroatoms. The maximum Gasteiger partial charge on any atom is 0.252 e.